The summed E-state index contributed by atoms with van der Waals surface area (Å²) in [5.74, 6) is 0.503. The van der Waals surface area contributed by atoms with Crippen molar-refractivity contribution in [2.45, 2.75) is 6.92 Å². The number of aromatic nitrogens is 1. The zero-order valence-electron chi connectivity index (χ0n) is 14.4. The van der Waals surface area contributed by atoms with Crippen LogP contribution in [-0.4, -0.2) is 17.5 Å². The van der Waals surface area contributed by atoms with Crippen LogP contribution in [0.2, 0.25) is 0 Å². The molecule has 0 atom stereocenters. The Morgan fingerprint density at radius 1 is 1.26 bits per heavy atom. The van der Waals surface area contributed by atoms with Gasteiger partial charge in [-0.15, -0.1) is 11.3 Å². The zero-order valence-corrected chi connectivity index (χ0v) is 16.8. The summed E-state index contributed by atoms with van der Waals surface area (Å²) in [6.07, 6.45) is 0. The van der Waals surface area contributed by atoms with Crippen molar-refractivity contribution in [1.29, 1.82) is 0 Å². The SMILES string of the molecule is CCOc1cccc2cc(C(=O)Nc3nc(-c4ccc(Br)cc4)cs3)oc12. The summed E-state index contributed by atoms with van der Waals surface area (Å²) in [6.45, 7) is 2.43. The first-order valence-corrected chi connectivity index (χ1v) is 9.99. The molecule has 0 aliphatic rings. The van der Waals surface area contributed by atoms with Crippen molar-refractivity contribution >= 4 is 49.3 Å². The summed E-state index contributed by atoms with van der Waals surface area (Å²) in [6, 6.07) is 15.1. The molecule has 4 aromatic rings. The van der Waals surface area contributed by atoms with Gasteiger partial charge in [-0.2, -0.15) is 0 Å². The van der Waals surface area contributed by atoms with Crippen molar-refractivity contribution < 1.29 is 13.9 Å². The Hall–Kier alpha value is -2.64. The Bertz CT molecular complexity index is 1100. The van der Waals surface area contributed by atoms with Gasteiger partial charge in [-0.25, -0.2) is 4.98 Å². The summed E-state index contributed by atoms with van der Waals surface area (Å²) in [7, 11) is 0. The molecule has 0 bridgehead atoms. The smallest absolute Gasteiger partial charge is 0.293 e. The van der Waals surface area contributed by atoms with Crippen LogP contribution in [0.1, 0.15) is 17.5 Å². The summed E-state index contributed by atoms with van der Waals surface area (Å²) < 4.78 is 12.3. The predicted octanol–water partition coefficient (Wildman–Crippen LogP) is 5.97. The minimum absolute atomic E-state index is 0.220. The van der Waals surface area contributed by atoms with E-state index in [2.05, 4.69) is 26.2 Å². The number of para-hydroxylation sites is 1. The summed E-state index contributed by atoms with van der Waals surface area (Å²) in [5, 5.41) is 6.04. The van der Waals surface area contributed by atoms with Gasteiger partial charge in [-0.1, -0.05) is 40.2 Å². The highest BCUT2D eigenvalue weighted by atomic mass is 79.9. The van der Waals surface area contributed by atoms with Crippen LogP contribution in [0.3, 0.4) is 0 Å². The molecule has 4 rings (SSSR count). The number of benzene rings is 2. The third-order valence-corrected chi connectivity index (χ3v) is 5.18. The van der Waals surface area contributed by atoms with Gasteiger partial charge in [-0.05, 0) is 31.2 Å². The molecule has 0 aliphatic carbocycles. The lowest BCUT2D eigenvalue weighted by Crippen LogP contribution is -2.10. The van der Waals surface area contributed by atoms with E-state index in [9.17, 15) is 4.79 Å². The number of halogens is 1. The highest BCUT2D eigenvalue weighted by molar-refractivity contribution is 9.10. The molecular weight excluding hydrogens is 428 g/mol. The number of ether oxygens (including phenoxy) is 1. The minimum atomic E-state index is -0.342. The van der Waals surface area contributed by atoms with E-state index in [0.29, 0.717) is 23.1 Å². The van der Waals surface area contributed by atoms with Gasteiger partial charge in [0.25, 0.3) is 5.91 Å². The minimum Gasteiger partial charge on any atom is -0.490 e. The standard InChI is InChI=1S/C20H15BrN2O3S/c1-2-25-16-5-3-4-13-10-17(26-18(13)16)19(24)23-20-22-15(11-27-20)12-6-8-14(21)9-7-12/h3-11H,2H2,1H3,(H,22,23,24). The second-order valence-electron chi connectivity index (χ2n) is 5.72. The van der Waals surface area contributed by atoms with Crippen molar-refractivity contribution in [1.82, 2.24) is 4.98 Å². The van der Waals surface area contributed by atoms with Crippen LogP contribution in [0.5, 0.6) is 5.75 Å². The number of nitrogens with one attached hydrogen (secondary N) is 1. The van der Waals surface area contributed by atoms with Gasteiger partial charge in [0, 0.05) is 20.8 Å². The number of hydrogen-bond acceptors (Lipinski definition) is 5. The van der Waals surface area contributed by atoms with Crippen molar-refractivity contribution in [2.24, 2.45) is 0 Å². The van der Waals surface area contributed by atoms with Crippen LogP contribution in [0.15, 0.2) is 62.8 Å². The number of amides is 1. The van der Waals surface area contributed by atoms with Crippen molar-refractivity contribution in [3.8, 4) is 17.0 Å². The molecule has 0 saturated carbocycles. The van der Waals surface area contributed by atoms with Gasteiger partial charge in [0.15, 0.2) is 22.2 Å². The molecular formula is C20H15BrN2O3S. The molecule has 2 aromatic heterocycles. The maximum absolute atomic E-state index is 12.6. The fourth-order valence-electron chi connectivity index (χ4n) is 2.66. The second kappa shape index (κ2) is 7.54. The van der Waals surface area contributed by atoms with E-state index in [-0.39, 0.29) is 11.7 Å². The topological polar surface area (TPSA) is 64.4 Å². The first kappa shape index (κ1) is 17.8. The monoisotopic (exact) mass is 442 g/mol. The number of fused-ring (bicyclic) bond motifs is 1. The number of carbonyl (C=O) groups excluding carboxylic acids is 1. The lowest BCUT2D eigenvalue weighted by Gasteiger charge is -2.02. The number of anilines is 1. The number of hydrogen-bond donors (Lipinski definition) is 1. The van der Waals surface area contributed by atoms with Crippen molar-refractivity contribution in [3.63, 3.8) is 0 Å². The molecule has 1 amide bonds. The van der Waals surface area contributed by atoms with E-state index in [1.165, 1.54) is 11.3 Å². The molecule has 0 radical (unpaired) electrons. The van der Waals surface area contributed by atoms with Crippen molar-refractivity contribution in [2.75, 3.05) is 11.9 Å². The molecule has 136 valence electrons. The van der Waals surface area contributed by atoms with Gasteiger partial charge < -0.3 is 9.15 Å². The van der Waals surface area contributed by atoms with E-state index < -0.39 is 0 Å². The lowest BCUT2D eigenvalue weighted by atomic mass is 10.2. The van der Waals surface area contributed by atoms with Crippen LogP contribution >= 0.6 is 27.3 Å². The molecule has 1 N–H and O–H groups in total. The fraction of sp³-hybridized carbons (Fsp3) is 0.100. The third-order valence-electron chi connectivity index (χ3n) is 3.90. The van der Waals surface area contributed by atoms with Gasteiger partial charge >= 0.3 is 0 Å². The zero-order chi connectivity index (χ0) is 18.8. The maximum Gasteiger partial charge on any atom is 0.293 e. The molecule has 7 heteroatoms. The first-order chi connectivity index (χ1) is 13.1. The van der Waals surface area contributed by atoms with Gasteiger partial charge in [0.1, 0.15) is 0 Å². The quantitative estimate of drug-likeness (QED) is 0.413. The average molecular weight is 443 g/mol. The van der Waals surface area contributed by atoms with Gasteiger partial charge in [0.2, 0.25) is 0 Å². The number of furan rings is 1. The average Bonchev–Trinajstić information content (AvgIpc) is 3.30. The maximum atomic E-state index is 12.6. The van der Waals surface area contributed by atoms with E-state index in [1.54, 1.807) is 6.07 Å². The Morgan fingerprint density at radius 3 is 2.85 bits per heavy atom. The Balaban J connectivity index is 1.55. The van der Waals surface area contributed by atoms with Gasteiger partial charge in [-0.3, -0.25) is 10.1 Å². The van der Waals surface area contributed by atoms with Crippen LogP contribution < -0.4 is 10.1 Å². The number of carbonyl (C=O) groups is 1. The summed E-state index contributed by atoms with van der Waals surface area (Å²) in [5.41, 5.74) is 2.37. The molecule has 2 heterocycles. The first-order valence-electron chi connectivity index (χ1n) is 8.32. The van der Waals surface area contributed by atoms with E-state index >= 15 is 0 Å². The molecule has 0 fully saturated rings. The number of nitrogens with zero attached hydrogens (tertiary/aromatic N) is 1. The highest BCUT2D eigenvalue weighted by Crippen LogP contribution is 2.30. The molecule has 0 saturated heterocycles. The van der Waals surface area contributed by atoms with Crippen LogP contribution in [0.4, 0.5) is 5.13 Å². The number of rotatable bonds is 5. The fourth-order valence-corrected chi connectivity index (χ4v) is 3.64. The Kier molecular flexibility index (Phi) is 4.96. The van der Waals surface area contributed by atoms with Crippen LogP contribution in [0, 0.1) is 0 Å². The molecule has 2 aromatic carbocycles. The van der Waals surface area contributed by atoms with Crippen molar-refractivity contribution in [3.05, 3.63) is 64.1 Å². The molecule has 5 nitrogen and oxygen atoms in total. The van der Waals surface area contributed by atoms with E-state index in [1.807, 2.05) is 54.8 Å². The van der Waals surface area contributed by atoms with Crippen LogP contribution in [0.25, 0.3) is 22.2 Å². The van der Waals surface area contributed by atoms with Crippen LogP contribution in [-0.2, 0) is 0 Å². The third kappa shape index (κ3) is 3.74. The molecule has 0 aliphatic heterocycles. The molecule has 27 heavy (non-hydrogen) atoms. The summed E-state index contributed by atoms with van der Waals surface area (Å²) >= 11 is 4.79. The second-order valence-corrected chi connectivity index (χ2v) is 7.49. The van der Waals surface area contributed by atoms with E-state index in [4.69, 9.17) is 9.15 Å². The number of thiazole rings is 1. The van der Waals surface area contributed by atoms with Gasteiger partial charge in [0.05, 0.1) is 12.3 Å². The Morgan fingerprint density at radius 2 is 2.07 bits per heavy atom. The predicted molar refractivity (Wildman–Crippen MR) is 111 cm³/mol. The highest BCUT2D eigenvalue weighted by Gasteiger charge is 2.16. The molecule has 0 unspecified atom stereocenters. The lowest BCUT2D eigenvalue weighted by molar-refractivity contribution is 0.0998. The molecule has 0 spiro atoms. The Labute approximate surface area is 168 Å². The largest absolute Gasteiger partial charge is 0.490 e. The summed E-state index contributed by atoms with van der Waals surface area (Å²) in [4.78, 5) is 17.0. The van der Waals surface area contributed by atoms with E-state index in [0.717, 1.165) is 21.1 Å². The normalized spacial score (nSPS) is 10.9.